The fourth-order valence-electron chi connectivity index (χ4n) is 2.30. The Bertz CT molecular complexity index is 467. The van der Waals surface area contributed by atoms with Crippen molar-refractivity contribution in [3.05, 3.63) is 11.7 Å². The number of hydrogen-bond acceptors (Lipinski definition) is 6. The second-order valence-electron chi connectivity index (χ2n) is 5.57. The summed E-state index contributed by atoms with van der Waals surface area (Å²) >= 11 is 0. The lowest BCUT2D eigenvalue weighted by molar-refractivity contribution is -0.126. The topological polar surface area (TPSA) is 86.5 Å². The van der Waals surface area contributed by atoms with Crippen molar-refractivity contribution >= 4 is 5.91 Å². The van der Waals surface area contributed by atoms with E-state index >= 15 is 0 Å². The third-order valence-corrected chi connectivity index (χ3v) is 3.65. The van der Waals surface area contributed by atoms with Gasteiger partial charge in [0, 0.05) is 25.5 Å². The maximum Gasteiger partial charge on any atom is 0.246 e. The first kappa shape index (κ1) is 14.5. The van der Waals surface area contributed by atoms with Crippen LogP contribution in [-0.4, -0.2) is 48.5 Å². The SMILES string of the molecule is O=C(COC[C@H]1CCCO1)NCCc1nc(C2CC2)no1. The molecule has 1 aliphatic heterocycles. The molecule has 2 fully saturated rings. The number of carbonyl (C=O) groups is 1. The summed E-state index contributed by atoms with van der Waals surface area (Å²) in [4.78, 5) is 15.9. The van der Waals surface area contributed by atoms with Crippen molar-refractivity contribution in [3.63, 3.8) is 0 Å². The van der Waals surface area contributed by atoms with Gasteiger partial charge in [-0.2, -0.15) is 4.98 Å². The molecule has 0 unspecified atom stereocenters. The first-order valence-corrected chi connectivity index (χ1v) is 7.60. The van der Waals surface area contributed by atoms with Gasteiger partial charge >= 0.3 is 0 Å². The Balaban J connectivity index is 1.26. The minimum atomic E-state index is -0.130. The summed E-state index contributed by atoms with van der Waals surface area (Å²) in [6.45, 7) is 1.83. The summed E-state index contributed by atoms with van der Waals surface area (Å²) in [5, 5.41) is 6.71. The number of nitrogens with zero attached hydrogens (tertiary/aromatic N) is 2. The summed E-state index contributed by atoms with van der Waals surface area (Å²) in [6, 6.07) is 0. The first-order chi connectivity index (χ1) is 10.3. The van der Waals surface area contributed by atoms with Gasteiger partial charge in [-0.05, 0) is 25.7 Å². The zero-order chi connectivity index (χ0) is 14.5. The van der Waals surface area contributed by atoms with E-state index in [9.17, 15) is 4.79 Å². The van der Waals surface area contributed by atoms with E-state index in [0.717, 1.165) is 38.1 Å². The number of rotatable bonds is 8. The van der Waals surface area contributed by atoms with Gasteiger partial charge in [0.25, 0.3) is 0 Å². The molecule has 7 heteroatoms. The molecular weight excluding hydrogens is 274 g/mol. The van der Waals surface area contributed by atoms with E-state index in [4.69, 9.17) is 14.0 Å². The Kier molecular flexibility index (Phi) is 4.82. The van der Waals surface area contributed by atoms with E-state index in [1.54, 1.807) is 0 Å². The molecule has 1 atom stereocenters. The number of aromatic nitrogens is 2. The van der Waals surface area contributed by atoms with E-state index in [-0.39, 0.29) is 18.6 Å². The molecule has 1 aromatic heterocycles. The van der Waals surface area contributed by atoms with Crippen molar-refractivity contribution in [3.8, 4) is 0 Å². The van der Waals surface area contributed by atoms with Gasteiger partial charge in [0.1, 0.15) is 6.61 Å². The summed E-state index contributed by atoms with van der Waals surface area (Å²) < 4.78 is 15.9. The molecule has 0 spiro atoms. The lowest BCUT2D eigenvalue weighted by Gasteiger charge is -2.09. The standard InChI is InChI=1S/C14H21N3O4/c18-12(9-19-8-11-2-1-7-20-11)15-6-5-13-16-14(17-21-13)10-3-4-10/h10-11H,1-9H2,(H,15,18)/t11-/m1/s1. The second kappa shape index (κ2) is 7.00. The second-order valence-corrected chi connectivity index (χ2v) is 5.57. The highest BCUT2D eigenvalue weighted by Gasteiger charge is 2.28. The third kappa shape index (κ3) is 4.50. The minimum absolute atomic E-state index is 0.0665. The molecule has 1 saturated carbocycles. The van der Waals surface area contributed by atoms with Crippen LogP contribution < -0.4 is 5.32 Å². The van der Waals surface area contributed by atoms with E-state index in [2.05, 4.69) is 15.5 Å². The van der Waals surface area contributed by atoms with Crippen LogP contribution in [0.3, 0.4) is 0 Å². The van der Waals surface area contributed by atoms with Crippen LogP contribution in [0.2, 0.25) is 0 Å². The van der Waals surface area contributed by atoms with Crippen LogP contribution in [0.4, 0.5) is 0 Å². The molecule has 116 valence electrons. The van der Waals surface area contributed by atoms with Crippen LogP contribution in [0.25, 0.3) is 0 Å². The highest BCUT2D eigenvalue weighted by Crippen LogP contribution is 2.38. The van der Waals surface area contributed by atoms with Crippen LogP contribution in [0.15, 0.2) is 4.52 Å². The molecule has 1 aromatic rings. The molecule has 21 heavy (non-hydrogen) atoms. The van der Waals surface area contributed by atoms with Crippen molar-refractivity contribution in [2.24, 2.45) is 0 Å². The zero-order valence-corrected chi connectivity index (χ0v) is 12.0. The Morgan fingerprint density at radius 2 is 2.29 bits per heavy atom. The van der Waals surface area contributed by atoms with Gasteiger partial charge in [0.2, 0.25) is 11.8 Å². The van der Waals surface area contributed by atoms with Crippen LogP contribution in [0, 0.1) is 0 Å². The zero-order valence-electron chi connectivity index (χ0n) is 12.0. The molecule has 3 rings (SSSR count). The molecule has 0 aromatic carbocycles. The van der Waals surface area contributed by atoms with Crippen LogP contribution >= 0.6 is 0 Å². The number of hydrogen-bond donors (Lipinski definition) is 1. The van der Waals surface area contributed by atoms with E-state index in [1.165, 1.54) is 0 Å². The van der Waals surface area contributed by atoms with Crippen molar-refractivity contribution in [1.82, 2.24) is 15.5 Å². The Morgan fingerprint density at radius 3 is 3.05 bits per heavy atom. The molecule has 7 nitrogen and oxygen atoms in total. The van der Waals surface area contributed by atoms with Gasteiger partial charge in [-0.3, -0.25) is 4.79 Å². The molecule has 1 N–H and O–H groups in total. The normalized spacial score (nSPS) is 21.6. The largest absolute Gasteiger partial charge is 0.376 e. The highest BCUT2D eigenvalue weighted by atomic mass is 16.5. The van der Waals surface area contributed by atoms with Crippen molar-refractivity contribution in [2.45, 2.75) is 44.1 Å². The van der Waals surface area contributed by atoms with E-state index in [0.29, 0.717) is 31.4 Å². The number of nitrogens with one attached hydrogen (secondary N) is 1. The average molecular weight is 295 g/mol. The van der Waals surface area contributed by atoms with E-state index in [1.807, 2.05) is 0 Å². The molecule has 1 saturated heterocycles. The quantitative estimate of drug-likeness (QED) is 0.763. The lowest BCUT2D eigenvalue weighted by atomic mass is 10.2. The molecule has 2 heterocycles. The predicted octanol–water partition coefficient (Wildman–Crippen LogP) is 0.801. The summed E-state index contributed by atoms with van der Waals surface area (Å²) in [5.41, 5.74) is 0. The molecule has 1 aliphatic carbocycles. The summed E-state index contributed by atoms with van der Waals surface area (Å²) in [6.07, 6.45) is 5.10. The number of ether oxygens (including phenoxy) is 2. The number of carbonyl (C=O) groups excluding carboxylic acids is 1. The van der Waals surface area contributed by atoms with Crippen molar-refractivity contribution in [1.29, 1.82) is 0 Å². The molecular formula is C14H21N3O4. The molecule has 1 amide bonds. The van der Waals surface area contributed by atoms with Gasteiger partial charge in [0.05, 0.1) is 12.7 Å². The Hall–Kier alpha value is -1.47. The number of amides is 1. The lowest BCUT2D eigenvalue weighted by Crippen LogP contribution is -2.30. The van der Waals surface area contributed by atoms with Crippen LogP contribution in [0.1, 0.15) is 43.3 Å². The maximum atomic E-state index is 11.6. The Morgan fingerprint density at radius 1 is 1.38 bits per heavy atom. The fourth-order valence-corrected chi connectivity index (χ4v) is 2.30. The minimum Gasteiger partial charge on any atom is -0.376 e. The van der Waals surface area contributed by atoms with Crippen LogP contribution in [-0.2, 0) is 20.7 Å². The monoisotopic (exact) mass is 295 g/mol. The average Bonchev–Trinajstić information content (AvgIpc) is 3.00. The highest BCUT2D eigenvalue weighted by molar-refractivity contribution is 5.77. The maximum absolute atomic E-state index is 11.6. The Labute approximate surface area is 123 Å². The molecule has 0 radical (unpaired) electrons. The smallest absolute Gasteiger partial charge is 0.246 e. The van der Waals surface area contributed by atoms with E-state index < -0.39 is 0 Å². The summed E-state index contributed by atoms with van der Waals surface area (Å²) in [7, 11) is 0. The van der Waals surface area contributed by atoms with Gasteiger partial charge < -0.3 is 19.3 Å². The summed E-state index contributed by atoms with van der Waals surface area (Å²) in [5.74, 6) is 1.74. The van der Waals surface area contributed by atoms with Gasteiger partial charge in [-0.1, -0.05) is 5.16 Å². The van der Waals surface area contributed by atoms with Gasteiger partial charge in [-0.25, -0.2) is 0 Å². The molecule has 2 aliphatic rings. The molecule has 0 bridgehead atoms. The van der Waals surface area contributed by atoms with Gasteiger partial charge in [0.15, 0.2) is 5.82 Å². The van der Waals surface area contributed by atoms with Gasteiger partial charge in [-0.15, -0.1) is 0 Å². The fraction of sp³-hybridized carbons (Fsp3) is 0.786. The third-order valence-electron chi connectivity index (χ3n) is 3.65. The van der Waals surface area contributed by atoms with Crippen molar-refractivity contribution in [2.75, 3.05) is 26.4 Å². The predicted molar refractivity (Wildman–Crippen MR) is 72.8 cm³/mol. The van der Waals surface area contributed by atoms with Crippen LogP contribution in [0.5, 0.6) is 0 Å². The first-order valence-electron chi connectivity index (χ1n) is 7.60. The van der Waals surface area contributed by atoms with Crippen molar-refractivity contribution < 1.29 is 18.8 Å².